The average Bonchev–Trinajstić information content (AvgIpc) is 3.52. The standard InChI is InChI=1S/C24H24FN5O/c25-20-11-15(21-13-27-21)1-2-16(20)14-29-8-4-17(5-9-29)30-10-6-22(31)19-12-28-24-18(23(19)30)3-7-26-24/h1-3,6-7,10-12,17,21,27H,4-5,8-9,13-14H2,(H,26,28)/p+1. The molecule has 2 aliphatic rings. The third-order valence-electron chi connectivity index (χ3n) is 6.76. The first-order chi connectivity index (χ1) is 15.2. The molecule has 31 heavy (non-hydrogen) atoms. The summed E-state index contributed by atoms with van der Waals surface area (Å²) in [7, 11) is 0. The van der Waals surface area contributed by atoms with Gasteiger partial charge in [0.25, 0.3) is 5.65 Å². The van der Waals surface area contributed by atoms with Gasteiger partial charge in [-0.1, -0.05) is 12.1 Å². The molecule has 0 bridgehead atoms. The normalized spacial score (nSPS) is 20.0. The van der Waals surface area contributed by atoms with Crippen molar-refractivity contribution in [3.05, 3.63) is 76.1 Å². The SMILES string of the molecule is O=c1ccn(C2CCN(Cc3ccc(C4CN4)cc3F)CC2)c2c1c[nH+]c1[nH]ccc12. The molecule has 6 nitrogen and oxygen atoms in total. The second-order valence-electron chi connectivity index (χ2n) is 8.72. The molecule has 1 aromatic carbocycles. The van der Waals surface area contributed by atoms with E-state index in [0.29, 0.717) is 24.0 Å². The van der Waals surface area contributed by atoms with Crippen molar-refractivity contribution in [1.29, 1.82) is 0 Å². The van der Waals surface area contributed by atoms with Crippen molar-refractivity contribution in [2.75, 3.05) is 19.6 Å². The number of rotatable bonds is 4. The van der Waals surface area contributed by atoms with E-state index in [1.807, 2.05) is 30.6 Å². The lowest BCUT2D eigenvalue weighted by Crippen LogP contribution is -2.34. The second-order valence-corrected chi connectivity index (χ2v) is 8.72. The number of hydrogen-bond acceptors (Lipinski definition) is 3. The molecule has 2 fully saturated rings. The molecule has 6 rings (SSSR count). The van der Waals surface area contributed by atoms with Gasteiger partial charge in [-0.3, -0.25) is 9.69 Å². The van der Waals surface area contributed by atoms with Crippen LogP contribution in [0.15, 0.2) is 53.7 Å². The van der Waals surface area contributed by atoms with Crippen molar-refractivity contribution >= 4 is 21.9 Å². The number of nitrogens with one attached hydrogen (secondary N) is 3. The van der Waals surface area contributed by atoms with Gasteiger partial charge in [0, 0.05) is 56.1 Å². The van der Waals surface area contributed by atoms with E-state index in [2.05, 4.69) is 24.8 Å². The minimum Gasteiger partial charge on any atom is -0.343 e. The lowest BCUT2D eigenvalue weighted by Gasteiger charge is -2.34. The van der Waals surface area contributed by atoms with E-state index >= 15 is 0 Å². The van der Waals surface area contributed by atoms with Crippen molar-refractivity contribution in [3.8, 4) is 0 Å². The summed E-state index contributed by atoms with van der Waals surface area (Å²) in [4.78, 5) is 21.2. The Balaban J connectivity index is 1.23. The van der Waals surface area contributed by atoms with Gasteiger partial charge in [-0.2, -0.15) is 0 Å². The predicted molar refractivity (Wildman–Crippen MR) is 117 cm³/mol. The molecule has 0 spiro atoms. The number of benzene rings is 1. The molecule has 1 atom stereocenters. The summed E-state index contributed by atoms with van der Waals surface area (Å²) in [5, 5.41) is 4.97. The highest BCUT2D eigenvalue weighted by Crippen LogP contribution is 2.30. The van der Waals surface area contributed by atoms with Crippen LogP contribution in [0, 0.1) is 5.82 Å². The molecule has 0 saturated carbocycles. The number of H-pyrrole nitrogens is 2. The lowest BCUT2D eigenvalue weighted by atomic mass is 10.0. The van der Waals surface area contributed by atoms with Gasteiger partial charge in [0.05, 0.1) is 22.5 Å². The van der Waals surface area contributed by atoms with E-state index in [0.717, 1.165) is 60.2 Å². The maximum Gasteiger partial charge on any atom is 0.286 e. The summed E-state index contributed by atoms with van der Waals surface area (Å²) in [5.74, 6) is -0.106. The summed E-state index contributed by atoms with van der Waals surface area (Å²) in [6.45, 7) is 3.38. The fourth-order valence-corrected chi connectivity index (χ4v) is 4.93. The summed E-state index contributed by atoms with van der Waals surface area (Å²) in [5.41, 5.74) is 3.74. The minimum absolute atomic E-state index is 0.0309. The van der Waals surface area contributed by atoms with Gasteiger partial charge in [0.1, 0.15) is 12.0 Å². The minimum atomic E-state index is -0.106. The maximum absolute atomic E-state index is 14.6. The van der Waals surface area contributed by atoms with Gasteiger partial charge in [-0.15, -0.1) is 0 Å². The van der Waals surface area contributed by atoms with Gasteiger partial charge < -0.3 is 9.88 Å². The zero-order chi connectivity index (χ0) is 20.9. The molecule has 4 aromatic rings. The molecule has 3 aromatic heterocycles. The first-order valence-corrected chi connectivity index (χ1v) is 10.9. The Morgan fingerprint density at radius 3 is 2.74 bits per heavy atom. The quantitative estimate of drug-likeness (QED) is 0.501. The van der Waals surface area contributed by atoms with Crippen LogP contribution in [0.2, 0.25) is 0 Å². The highest BCUT2D eigenvalue weighted by atomic mass is 19.1. The maximum atomic E-state index is 14.6. The number of piperidine rings is 1. The van der Waals surface area contributed by atoms with Crippen molar-refractivity contribution in [1.82, 2.24) is 19.8 Å². The molecule has 3 N–H and O–H groups in total. The fraction of sp³-hybridized carbons (Fsp3) is 0.333. The van der Waals surface area contributed by atoms with Crippen molar-refractivity contribution in [3.63, 3.8) is 0 Å². The van der Waals surface area contributed by atoms with E-state index in [-0.39, 0.29) is 11.2 Å². The van der Waals surface area contributed by atoms with Crippen LogP contribution in [-0.4, -0.2) is 34.1 Å². The molecule has 0 radical (unpaired) electrons. The van der Waals surface area contributed by atoms with Gasteiger partial charge in [-0.25, -0.2) is 14.4 Å². The molecule has 0 amide bonds. The van der Waals surface area contributed by atoms with Crippen LogP contribution in [-0.2, 0) is 6.54 Å². The number of pyridine rings is 2. The monoisotopic (exact) mass is 418 g/mol. The molecule has 7 heteroatoms. The van der Waals surface area contributed by atoms with E-state index < -0.39 is 0 Å². The van der Waals surface area contributed by atoms with Crippen molar-refractivity contribution in [2.24, 2.45) is 0 Å². The second kappa shape index (κ2) is 7.28. The van der Waals surface area contributed by atoms with Gasteiger partial charge in [0.2, 0.25) is 0 Å². The van der Waals surface area contributed by atoms with Crippen LogP contribution in [0.3, 0.4) is 0 Å². The Labute approximate surface area is 178 Å². The smallest absolute Gasteiger partial charge is 0.286 e. The Bertz CT molecular complexity index is 1330. The molecule has 0 aliphatic carbocycles. The van der Waals surface area contributed by atoms with E-state index in [4.69, 9.17) is 0 Å². The van der Waals surface area contributed by atoms with Crippen LogP contribution in [0.4, 0.5) is 4.39 Å². The average molecular weight is 418 g/mol. The molecular formula is C24H25FN5O+. The van der Waals surface area contributed by atoms with Crippen LogP contribution in [0.1, 0.15) is 36.1 Å². The molecule has 2 saturated heterocycles. The lowest BCUT2D eigenvalue weighted by molar-refractivity contribution is -0.345. The number of aromatic amines is 2. The predicted octanol–water partition coefficient (Wildman–Crippen LogP) is 2.92. The van der Waals surface area contributed by atoms with Gasteiger partial charge in [0.15, 0.2) is 5.43 Å². The van der Waals surface area contributed by atoms with Crippen LogP contribution in [0.5, 0.6) is 0 Å². The van der Waals surface area contributed by atoms with Crippen LogP contribution >= 0.6 is 0 Å². The summed E-state index contributed by atoms with van der Waals surface area (Å²) < 4.78 is 16.8. The molecule has 5 heterocycles. The first-order valence-electron chi connectivity index (χ1n) is 10.9. The summed E-state index contributed by atoms with van der Waals surface area (Å²) >= 11 is 0. The van der Waals surface area contributed by atoms with Crippen LogP contribution < -0.4 is 15.7 Å². The van der Waals surface area contributed by atoms with E-state index in [1.54, 1.807) is 18.3 Å². The number of fused-ring (bicyclic) bond motifs is 3. The number of nitrogens with zero attached hydrogens (tertiary/aromatic N) is 2. The zero-order valence-corrected chi connectivity index (χ0v) is 17.2. The Kier molecular flexibility index (Phi) is 4.40. The van der Waals surface area contributed by atoms with Crippen molar-refractivity contribution in [2.45, 2.75) is 31.5 Å². The molecule has 158 valence electrons. The van der Waals surface area contributed by atoms with Gasteiger partial charge >= 0.3 is 0 Å². The van der Waals surface area contributed by atoms with E-state index in [1.165, 1.54) is 0 Å². The zero-order valence-electron chi connectivity index (χ0n) is 17.2. The Hall–Kier alpha value is -3.03. The highest BCUT2D eigenvalue weighted by Gasteiger charge is 2.25. The third-order valence-corrected chi connectivity index (χ3v) is 6.76. The molecular weight excluding hydrogens is 393 g/mol. The van der Waals surface area contributed by atoms with Gasteiger partial charge in [-0.05, 0) is 30.5 Å². The largest absolute Gasteiger partial charge is 0.343 e. The van der Waals surface area contributed by atoms with Crippen LogP contribution in [0.25, 0.3) is 21.9 Å². The number of aromatic nitrogens is 3. The Morgan fingerprint density at radius 2 is 1.97 bits per heavy atom. The highest BCUT2D eigenvalue weighted by molar-refractivity contribution is 6.00. The molecule has 1 unspecified atom stereocenters. The number of likely N-dealkylation sites (tertiary alicyclic amines) is 1. The fourth-order valence-electron chi connectivity index (χ4n) is 4.93. The Morgan fingerprint density at radius 1 is 1.13 bits per heavy atom. The topological polar surface area (TPSA) is 77.1 Å². The summed E-state index contributed by atoms with van der Waals surface area (Å²) in [6, 6.07) is 9.98. The third kappa shape index (κ3) is 3.34. The van der Waals surface area contributed by atoms with Crippen molar-refractivity contribution < 1.29 is 9.37 Å². The summed E-state index contributed by atoms with van der Waals surface area (Å²) in [6.07, 6.45) is 7.56. The molecule has 2 aliphatic heterocycles. The van der Waals surface area contributed by atoms with E-state index in [9.17, 15) is 9.18 Å². The number of halogens is 1. The number of hydrogen-bond donors (Lipinski definition) is 2. The first kappa shape index (κ1) is 18.7.